The summed E-state index contributed by atoms with van der Waals surface area (Å²) in [6.07, 6.45) is 2.36. The molecule has 0 radical (unpaired) electrons. The molecule has 1 saturated heterocycles. The first-order chi connectivity index (χ1) is 11.3. The molecule has 2 N–H and O–H groups in total. The summed E-state index contributed by atoms with van der Waals surface area (Å²) in [6, 6.07) is 4.69. The zero-order valence-electron chi connectivity index (χ0n) is 14.4. The van der Waals surface area contributed by atoms with Crippen molar-refractivity contribution in [2.45, 2.75) is 32.7 Å². The van der Waals surface area contributed by atoms with Crippen LogP contribution in [0.2, 0.25) is 0 Å². The topological polar surface area (TPSA) is 48.9 Å². The van der Waals surface area contributed by atoms with Crippen molar-refractivity contribution in [2.75, 3.05) is 45.9 Å². The molecule has 1 aromatic heterocycles. The lowest BCUT2D eigenvalue weighted by Gasteiger charge is -2.33. The van der Waals surface area contributed by atoms with Crippen LogP contribution in [0.3, 0.4) is 0 Å². The summed E-state index contributed by atoms with van der Waals surface area (Å²) in [4.78, 5) is 8.72. The van der Waals surface area contributed by atoms with Gasteiger partial charge in [-0.05, 0) is 24.8 Å². The van der Waals surface area contributed by atoms with Gasteiger partial charge in [0.05, 0.1) is 25.8 Å². The molecule has 1 aromatic rings. The van der Waals surface area contributed by atoms with Crippen molar-refractivity contribution >= 4 is 17.3 Å². The molecule has 0 aliphatic carbocycles. The second-order valence-corrected chi connectivity index (χ2v) is 6.66. The number of hydrogen-bond acceptors (Lipinski definition) is 4. The van der Waals surface area contributed by atoms with Gasteiger partial charge in [0, 0.05) is 31.1 Å². The minimum atomic E-state index is 0.348. The van der Waals surface area contributed by atoms with E-state index in [9.17, 15) is 0 Å². The highest BCUT2D eigenvalue weighted by Crippen LogP contribution is 2.26. The van der Waals surface area contributed by atoms with Crippen LogP contribution >= 0.6 is 11.3 Å². The average molecular weight is 339 g/mol. The van der Waals surface area contributed by atoms with Gasteiger partial charge in [-0.25, -0.2) is 0 Å². The maximum atomic E-state index is 5.50. The minimum Gasteiger partial charge on any atom is -0.379 e. The molecule has 0 aromatic carbocycles. The number of nitrogens with zero attached hydrogens (tertiary/aromatic N) is 2. The van der Waals surface area contributed by atoms with E-state index in [1.807, 2.05) is 11.3 Å². The molecule has 5 nitrogen and oxygen atoms in total. The van der Waals surface area contributed by atoms with Crippen LogP contribution in [0.5, 0.6) is 0 Å². The van der Waals surface area contributed by atoms with Gasteiger partial charge in [0.25, 0.3) is 0 Å². The lowest BCUT2D eigenvalue weighted by molar-refractivity contribution is 0.0186. The molecule has 6 heteroatoms. The molecule has 0 saturated carbocycles. The predicted molar refractivity (Wildman–Crippen MR) is 98.3 cm³/mol. The van der Waals surface area contributed by atoms with Crippen molar-refractivity contribution < 1.29 is 4.74 Å². The summed E-state index contributed by atoms with van der Waals surface area (Å²) in [5.41, 5.74) is 0. The maximum Gasteiger partial charge on any atom is 0.191 e. The first kappa shape index (κ1) is 18.2. The molecule has 130 valence electrons. The van der Waals surface area contributed by atoms with E-state index in [0.717, 1.165) is 51.9 Å². The molecule has 0 amide bonds. The molecule has 1 atom stereocenters. The van der Waals surface area contributed by atoms with E-state index in [2.05, 4.69) is 46.9 Å². The Kier molecular flexibility index (Phi) is 8.42. The number of nitrogens with one attached hydrogen (secondary N) is 2. The first-order valence-corrected chi connectivity index (χ1v) is 9.60. The van der Waals surface area contributed by atoms with Gasteiger partial charge in [0.1, 0.15) is 0 Å². The Morgan fingerprint density at radius 3 is 2.83 bits per heavy atom. The van der Waals surface area contributed by atoms with Gasteiger partial charge in [-0.2, -0.15) is 0 Å². The normalized spacial score (nSPS) is 17.9. The summed E-state index contributed by atoms with van der Waals surface area (Å²) in [5, 5.41) is 8.92. The Morgan fingerprint density at radius 1 is 1.35 bits per heavy atom. The van der Waals surface area contributed by atoms with Crippen LogP contribution in [-0.4, -0.2) is 56.8 Å². The van der Waals surface area contributed by atoms with Gasteiger partial charge in [0.2, 0.25) is 0 Å². The quantitative estimate of drug-likeness (QED) is 0.434. The van der Waals surface area contributed by atoms with Crippen LogP contribution in [0.4, 0.5) is 0 Å². The molecule has 0 bridgehead atoms. The van der Waals surface area contributed by atoms with Crippen molar-refractivity contribution in [2.24, 2.45) is 4.99 Å². The van der Waals surface area contributed by atoms with E-state index < -0.39 is 0 Å². The fourth-order valence-electron chi connectivity index (χ4n) is 2.66. The Balaban J connectivity index is 2.01. The highest BCUT2D eigenvalue weighted by atomic mass is 32.1. The zero-order valence-corrected chi connectivity index (χ0v) is 15.2. The average Bonchev–Trinajstić information content (AvgIpc) is 3.10. The molecule has 1 aliphatic rings. The molecule has 0 spiro atoms. The van der Waals surface area contributed by atoms with Crippen molar-refractivity contribution in [3.63, 3.8) is 0 Å². The number of aliphatic imine (C=N–C) groups is 1. The third kappa shape index (κ3) is 6.12. The van der Waals surface area contributed by atoms with Gasteiger partial charge in [-0.1, -0.05) is 19.4 Å². The highest BCUT2D eigenvalue weighted by molar-refractivity contribution is 7.10. The van der Waals surface area contributed by atoms with Gasteiger partial charge < -0.3 is 15.4 Å². The van der Waals surface area contributed by atoms with E-state index in [4.69, 9.17) is 9.73 Å². The second kappa shape index (κ2) is 10.6. The lowest BCUT2D eigenvalue weighted by atomic mass is 10.2. The fourth-order valence-corrected chi connectivity index (χ4v) is 3.51. The van der Waals surface area contributed by atoms with Gasteiger partial charge >= 0.3 is 0 Å². The van der Waals surface area contributed by atoms with Crippen molar-refractivity contribution in [1.82, 2.24) is 15.5 Å². The molecular weight excluding hydrogens is 308 g/mol. The molecule has 2 heterocycles. The zero-order chi connectivity index (χ0) is 16.3. The molecular formula is C17H30N4OS. The molecule has 1 fully saturated rings. The van der Waals surface area contributed by atoms with Crippen LogP contribution in [0.25, 0.3) is 0 Å². The van der Waals surface area contributed by atoms with E-state index >= 15 is 0 Å². The van der Waals surface area contributed by atoms with Gasteiger partial charge in [-0.15, -0.1) is 11.3 Å². The van der Waals surface area contributed by atoms with Crippen molar-refractivity contribution in [3.8, 4) is 0 Å². The number of guanidine groups is 1. The number of hydrogen-bond donors (Lipinski definition) is 2. The third-order valence-corrected chi connectivity index (χ3v) is 4.92. The number of unbranched alkanes of at least 4 members (excludes halogenated alkanes) is 1. The van der Waals surface area contributed by atoms with Crippen LogP contribution in [0.1, 0.15) is 37.6 Å². The predicted octanol–water partition coefficient (Wildman–Crippen LogP) is 2.48. The highest BCUT2D eigenvalue weighted by Gasteiger charge is 2.23. The number of ether oxygens (including phenoxy) is 1. The number of thiophene rings is 1. The summed E-state index contributed by atoms with van der Waals surface area (Å²) in [7, 11) is 0. The standard InChI is InChI=1S/C17H30N4OS/c1-3-5-8-19-17(18-4-2)20-14-15(16-7-6-13-23-16)21-9-11-22-12-10-21/h6-7,13,15H,3-5,8-12,14H2,1-2H3,(H2,18,19,20). The van der Waals surface area contributed by atoms with E-state index in [-0.39, 0.29) is 0 Å². The van der Waals surface area contributed by atoms with Gasteiger partial charge in [0.15, 0.2) is 5.96 Å². The van der Waals surface area contributed by atoms with Gasteiger partial charge in [-0.3, -0.25) is 9.89 Å². The van der Waals surface area contributed by atoms with Crippen LogP contribution in [0.15, 0.2) is 22.5 Å². The lowest BCUT2D eigenvalue weighted by Crippen LogP contribution is -2.41. The summed E-state index contributed by atoms with van der Waals surface area (Å²) in [6.45, 7) is 10.6. The summed E-state index contributed by atoms with van der Waals surface area (Å²) < 4.78 is 5.50. The minimum absolute atomic E-state index is 0.348. The number of rotatable bonds is 8. The van der Waals surface area contributed by atoms with Crippen molar-refractivity contribution in [1.29, 1.82) is 0 Å². The molecule has 2 rings (SSSR count). The molecule has 23 heavy (non-hydrogen) atoms. The van der Waals surface area contributed by atoms with E-state index in [1.165, 1.54) is 17.7 Å². The Hall–Kier alpha value is -1.11. The van der Waals surface area contributed by atoms with E-state index in [0.29, 0.717) is 6.04 Å². The Labute approximate surface area is 144 Å². The smallest absolute Gasteiger partial charge is 0.191 e. The second-order valence-electron chi connectivity index (χ2n) is 5.68. The van der Waals surface area contributed by atoms with Crippen molar-refractivity contribution in [3.05, 3.63) is 22.4 Å². The van der Waals surface area contributed by atoms with Crippen LogP contribution < -0.4 is 10.6 Å². The Morgan fingerprint density at radius 2 is 2.17 bits per heavy atom. The molecule has 1 unspecified atom stereocenters. The van der Waals surface area contributed by atoms with E-state index in [1.54, 1.807) is 0 Å². The van der Waals surface area contributed by atoms with Crippen LogP contribution in [-0.2, 0) is 4.74 Å². The molecule has 1 aliphatic heterocycles. The van der Waals surface area contributed by atoms with Crippen LogP contribution in [0, 0.1) is 0 Å². The fraction of sp³-hybridized carbons (Fsp3) is 0.706. The monoisotopic (exact) mass is 338 g/mol. The Bertz CT molecular complexity index is 443. The third-order valence-electron chi connectivity index (χ3n) is 3.95. The maximum absolute atomic E-state index is 5.50. The first-order valence-electron chi connectivity index (χ1n) is 8.72. The summed E-state index contributed by atoms with van der Waals surface area (Å²) in [5.74, 6) is 0.927. The number of morpholine rings is 1. The largest absolute Gasteiger partial charge is 0.379 e. The summed E-state index contributed by atoms with van der Waals surface area (Å²) >= 11 is 1.82. The SMILES string of the molecule is CCCCNC(=NCC(c1cccs1)N1CCOCC1)NCC.